The lowest BCUT2D eigenvalue weighted by molar-refractivity contribution is -0.134. The van der Waals surface area contributed by atoms with Crippen LogP contribution in [0.3, 0.4) is 0 Å². The smallest absolute Gasteiger partial charge is 0.260 e. The molecule has 20 heavy (non-hydrogen) atoms. The zero-order valence-electron chi connectivity index (χ0n) is 12.2. The molecule has 1 aliphatic carbocycles. The first-order valence-corrected chi connectivity index (χ1v) is 7.43. The molecule has 0 atom stereocenters. The summed E-state index contributed by atoms with van der Waals surface area (Å²) in [6, 6.07) is 7.60. The number of hydrogen-bond donors (Lipinski definition) is 1. The number of ether oxygens (including phenoxy) is 1. The van der Waals surface area contributed by atoms with E-state index in [0.717, 1.165) is 18.7 Å². The van der Waals surface area contributed by atoms with Crippen LogP contribution in [0.25, 0.3) is 0 Å². The second-order valence-corrected chi connectivity index (χ2v) is 5.33. The molecule has 0 radical (unpaired) electrons. The normalized spacial score (nSPS) is 14.7. The molecule has 1 fully saturated rings. The van der Waals surface area contributed by atoms with E-state index in [9.17, 15) is 4.79 Å². The minimum atomic E-state index is 0.0613. The lowest BCUT2D eigenvalue weighted by Gasteiger charge is -2.31. The zero-order chi connectivity index (χ0) is 14.4. The Morgan fingerprint density at radius 3 is 2.75 bits per heavy atom. The summed E-state index contributed by atoms with van der Waals surface area (Å²) >= 11 is 0. The number of carbonyl (C=O) groups is 1. The van der Waals surface area contributed by atoms with Crippen LogP contribution in [0.1, 0.15) is 31.7 Å². The van der Waals surface area contributed by atoms with Crippen LogP contribution >= 0.6 is 0 Å². The van der Waals surface area contributed by atoms with E-state index in [0.29, 0.717) is 18.2 Å². The maximum Gasteiger partial charge on any atom is 0.260 e. The maximum atomic E-state index is 12.2. The second-order valence-electron chi connectivity index (χ2n) is 5.33. The van der Waals surface area contributed by atoms with Crippen molar-refractivity contribution in [3.8, 4) is 5.75 Å². The van der Waals surface area contributed by atoms with Crippen molar-refractivity contribution >= 4 is 5.91 Å². The van der Waals surface area contributed by atoms with Crippen molar-refractivity contribution in [3.63, 3.8) is 0 Å². The molecule has 1 saturated carbocycles. The van der Waals surface area contributed by atoms with E-state index in [2.05, 4.69) is 0 Å². The highest BCUT2D eigenvalue weighted by Crippen LogP contribution is 2.27. The summed E-state index contributed by atoms with van der Waals surface area (Å²) in [6.07, 6.45) is 3.80. The Hall–Kier alpha value is -1.55. The molecule has 1 amide bonds. The van der Waals surface area contributed by atoms with Gasteiger partial charge in [-0.1, -0.05) is 24.6 Å². The maximum absolute atomic E-state index is 12.2. The van der Waals surface area contributed by atoms with Gasteiger partial charge >= 0.3 is 0 Å². The third kappa shape index (κ3) is 3.73. The molecule has 2 N–H and O–H groups in total. The summed E-state index contributed by atoms with van der Waals surface area (Å²) in [5.41, 5.74) is 6.59. The molecule has 0 bridgehead atoms. The molecule has 0 aliphatic heterocycles. The highest BCUT2D eigenvalue weighted by molar-refractivity contribution is 5.77. The number of amides is 1. The molecule has 0 spiro atoms. The highest BCUT2D eigenvalue weighted by atomic mass is 16.5. The molecular formula is C16H24N2O2. The zero-order valence-corrected chi connectivity index (χ0v) is 12.2. The number of hydrogen-bond acceptors (Lipinski definition) is 3. The van der Waals surface area contributed by atoms with Crippen LogP contribution in [-0.2, 0) is 11.3 Å². The predicted octanol–water partition coefficient (Wildman–Crippen LogP) is 2.17. The number of likely N-dealkylation sites (N-methyl/N-ethyl adjacent to an activating group) is 1. The van der Waals surface area contributed by atoms with Gasteiger partial charge in [0.15, 0.2) is 6.61 Å². The Bertz CT molecular complexity index is 444. The van der Waals surface area contributed by atoms with E-state index < -0.39 is 0 Å². The number of para-hydroxylation sites is 1. The van der Waals surface area contributed by atoms with Crippen LogP contribution < -0.4 is 10.5 Å². The number of benzene rings is 1. The Labute approximate surface area is 120 Å². The molecule has 4 heteroatoms. The van der Waals surface area contributed by atoms with Gasteiger partial charge < -0.3 is 15.4 Å². The summed E-state index contributed by atoms with van der Waals surface area (Å²) in [4.78, 5) is 14.1. The first-order chi connectivity index (χ1) is 9.74. The lowest BCUT2D eigenvalue weighted by Crippen LogP contribution is -2.39. The molecule has 1 aromatic carbocycles. The van der Waals surface area contributed by atoms with Crippen LogP contribution in [0.5, 0.6) is 5.75 Å². The van der Waals surface area contributed by atoms with E-state index in [1.165, 1.54) is 19.3 Å². The van der Waals surface area contributed by atoms with Crippen LogP contribution in [0.15, 0.2) is 24.3 Å². The first kappa shape index (κ1) is 14.9. The number of carbonyl (C=O) groups excluding carboxylic acids is 1. The van der Waals surface area contributed by atoms with E-state index in [-0.39, 0.29) is 12.5 Å². The van der Waals surface area contributed by atoms with E-state index in [1.54, 1.807) is 0 Å². The van der Waals surface area contributed by atoms with Crippen molar-refractivity contribution in [2.75, 3.05) is 19.7 Å². The Morgan fingerprint density at radius 2 is 2.15 bits per heavy atom. The lowest BCUT2D eigenvalue weighted by atomic mass is 9.85. The molecule has 4 nitrogen and oxygen atoms in total. The first-order valence-electron chi connectivity index (χ1n) is 7.43. The van der Waals surface area contributed by atoms with Gasteiger partial charge in [-0.25, -0.2) is 0 Å². The topological polar surface area (TPSA) is 55.6 Å². The van der Waals surface area contributed by atoms with Gasteiger partial charge in [0.1, 0.15) is 5.75 Å². The largest absolute Gasteiger partial charge is 0.483 e. The minimum absolute atomic E-state index is 0.0613. The van der Waals surface area contributed by atoms with Crippen molar-refractivity contribution in [2.24, 2.45) is 11.7 Å². The third-order valence-corrected chi connectivity index (χ3v) is 3.98. The predicted molar refractivity (Wildman–Crippen MR) is 79.4 cm³/mol. The van der Waals surface area contributed by atoms with Gasteiger partial charge in [0.2, 0.25) is 0 Å². The van der Waals surface area contributed by atoms with Crippen molar-refractivity contribution in [1.82, 2.24) is 4.90 Å². The molecule has 0 unspecified atom stereocenters. The van der Waals surface area contributed by atoms with Gasteiger partial charge in [-0.2, -0.15) is 0 Å². The summed E-state index contributed by atoms with van der Waals surface area (Å²) in [5, 5.41) is 0. The highest BCUT2D eigenvalue weighted by Gasteiger charge is 2.22. The molecule has 1 aliphatic rings. The molecule has 0 aromatic heterocycles. The second kappa shape index (κ2) is 7.29. The van der Waals surface area contributed by atoms with Crippen LogP contribution in [0.2, 0.25) is 0 Å². The molecule has 2 rings (SSSR count). The number of nitrogens with zero attached hydrogens (tertiary/aromatic N) is 1. The fourth-order valence-electron chi connectivity index (χ4n) is 2.44. The van der Waals surface area contributed by atoms with E-state index >= 15 is 0 Å². The Kier molecular flexibility index (Phi) is 5.41. The quantitative estimate of drug-likeness (QED) is 0.830. The summed E-state index contributed by atoms with van der Waals surface area (Å²) < 4.78 is 5.63. The summed E-state index contributed by atoms with van der Waals surface area (Å²) in [5.74, 6) is 1.46. The number of nitrogens with two attached hydrogens (primary N) is 1. The minimum Gasteiger partial charge on any atom is -0.483 e. The molecule has 0 saturated heterocycles. The van der Waals surface area contributed by atoms with Gasteiger partial charge in [-0.05, 0) is 31.7 Å². The molecule has 110 valence electrons. The van der Waals surface area contributed by atoms with Gasteiger partial charge in [0.05, 0.1) is 0 Å². The van der Waals surface area contributed by atoms with Crippen molar-refractivity contribution in [2.45, 2.75) is 32.7 Å². The monoisotopic (exact) mass is 276 g/mol. The van der Waals surface area contributed by atoms with Gasteiger partial charge in [0, 0.05) is 25.2 Å². The average Bonchev–Trinajstić information content (AvgIpc) is 2.44. The number of rotatable bonds is 7. The van der Waals surface area contributed by atoms with Crippen molar-refractivity contribution in [1.29, 1.82) is 0 Å². The summed E-state index contributed by atoms with van der Waals surface area (Å²) in [6.45, 7) is 4.15. The van der Waals surface area contributed by atoms with Gasteiger partial charge in [0.25, 0.3) is 5.91 Å². The molecule has 0 heterocycles. The van der Waals surface area contributed by atoms with Crippen LogP contribution in [-0.4, -0.2) is 30.5 Å². The van der Waals surface area contributed by atoms with Crippen LogP contribution in [0.4, 0.5) is 0 Å². The van der Waals surface area contributed by atoms with Crippen molar-refractivity contribution < 1.29 is 9.53 Å². The van der Waals surface area contributed by atoms with Crippen molar-refractivity contribution in [3.05, 3.63) is 29.8 Å². The molecular weight excluding hydrogens is 252 g/mol. The van der Waals surface area contributed by atoms with E-state index in [1.807, 2.05) is 36.1 Å². The Morgan fingerprint density at radius 1 is 1.40 bits per heavy atom. The fraction of sp³-hybridized carbons (Fsp3) is 0.562. The Balaban J connectivity index is 1.86. The standard InChI is InChI=1S/C16H24N2O2/c1-2-18(11-13-6-5-7-13)16(19)12-20-15-9-4-3-8-14(15)10-17/h3-4,8-9,13H,2,5-7,10-12,17H2,1H3. The summed E-state index contributed by atoms with van der Waals surface area (Å²) in [7, 11) is 0. The average molecular weight is 276 g/mol. The third-order valence-electron chi connectivity index (χ3n) is 3.98. The van der Waals surface area contributed by atoms with Crippen LogP contribution in [0, 0.1) is 5.92 Å². The van der Waals surface area contributed by atoms with E-state index in [4.69, 9.17) is 10.5 Å². The van der Waals surface area contributed by atoms with Gasteiger partial charge in [-0.15, -0.1) is 0 Å². The fourth-order valence-corrected chi connectivity index (χ4v) is 2.44. The SMILES string of the molecule is CCN(CC1CCC1)C(=O)COc1ccccc1CN. The molecule has 1 aromatic rings. The van der Waals surface area contributed by atoms with Gasteiger partial charge in [-0.3, -0.25) is 4.79 Å².